The molecular weight excluding hydrogens is 388 g/mol. The van der Waals surface area contributed by atoms with Gasteiger partial charge in [0, 0.05) is 24.3 Å². The second kappa shape index (κ2) is 10.7. The Morgan fingerprint density at radius 3 is 2.39 bits per heavy atom. The molecule has 0 radical (unpaired) electrons. The Morgan fingerprint density at radius 2 is 1.77 bits per heavy atom. The molecule has 158 valence electrons. The first-order chi connectivity index (χ1) is 15.2. The Kier molecular flexibility index (Phi) is 7.55. The lowest BCUT2D eigenvalue weighted by molar-refractivity contribution is 0.745. The van der Waals surface area contributed by atoms with Gasteiger partial charge in [-0.1, -0.05) is 56.3 Å². The molecule has 7 heteroatoms. The van der Waals surface area contributed by atoms with Crippen molar-refractivity contribution < 1.29 is 0 Å². The van der Waals surface area contributed by atoms with E-state index in [2.05, 4.69) is 51.4 Å². The van der Waals surface area contributed by atoms with E-state index in [-0.39, 0.29) is 11.5 Å². The van der Waals surface area contributed by atoms with Crippen LogP contribution in [-0.2, 0) is 0 Å². The fraction of sp³-hybridized carbons (Fsp3) is 0.250. The zero-order valence-electron chi connectivity index (χ0n) is 17.8. The maximum absolute atomic E-state index is 12.3. The van der Waals surface area contributed by atoms with E-state index in [1.54, 1.807) is 18.3 Å². The number of benzene rings is 2. The molecular formula is C24H26N6O. The molecule has 1 heterocycles. The molecule has 2 aromatic carbocycles. The molecule has 0 aliphatic rings. The van der Waals surface area contributed by atoms with E-state index in [9.17, 15) is 10.1 Å². The fourth-order valence-corrected chi connectivity index (χ4v) is 3.28. The summed E-state index contributed by atoms with van der Waals surface area (Å²) in [4.78, 5) is 21.6. The van der Waals surface area contributed by atoms with E-state index in [4.69, 9.17) is 0 Å². The molecule has 0 spiro atoms. The molecule has 7 nitrogen and oxygen atoms in total. The highest BCUT2D eigenvalue weighted by atomic mass is 16.1. The van der Waals surface area contributed by atoms with Crippen molar-refractivity contribution in [2.75, 3.05) is 23.4 Å². The molecule has 0 atom stereocenters. The molecule has 3 aromatic rings. The number of nitrogens with zero attached hydrogens (tertiary/aromatic N) is 4. The van der Waals surface area contributed by atoms with Crippen molar-refractivity contribution in [3.8, 4) is 17.3 Å². The van der Waals surface area contributed by atoms with Crippen LogP contribution in [0.25, 0.3) is 11.3 Å². The summed E-state index contributed by atoms with van der Waals surface area (Å²) in [6.07, 6.45) is 3.87. The summed E-state index contributed by atoms with van der Waals surface area (Å²) in [5.41, 5.74) is 5.34. The number of hydrogen-bond acceptors (Lipinski definition) is 6. The highest BCUT2D eigenvalue weighted by molar-refractivity contribution is 5.81. The molecule has 0 saturated heterocycles. The van der Waals surface area contributed by atoms with Crippen molar-refractivity contribution in [2.24, 2.45) is 5.10 Å². The largest absolute Gasteiger partial charge is 0.372 e. The maximum atomic E-state index is 12.3. The van der Waals surface area contributed by atoms with Crippen molar-refractivity contribution in [1.82, 2.24) is 9.97 Å². The minimum atomic E-state index is -0.509. The van der Waals surface area contributed by atoms with Gasteiger partial charge in [-0.3, -0.25) is 9.78 Å². The standard InChI is InChI=1S/C24H26N6O/c1-3-14-30(15-4-2)20-12-10-18(11-13-20)17-26-29-24-27-22(19-8-6-5-7-9-19)21(16-25)23(31)28-24/h5-13,17H,3-4,14-15H2,1-2H3,(H2,27,28,29,31). The Bertz CT molecular complexity index is 1110. The number of nitrogens with one attached hydrogen (secondary N) is 2. The summed E-state index contributed by atoms with van der Waals surface area (Å²) in [7, 11) is 0. The number of aromatic amines is 1. The highest BCUT2D eigenvalue weighted by Gasteiger charge is 2.12. The monoisotopic (exact) mass is 414 g/mol. The van der Waals surface area contributed by atoms with Gasteiger partial charge in [-0.05, 0) is 30.5 Å². The Balaban J connectivity index is 1.76. The minimum Gasteiger partial charge on any atom is -0.372 e. The average molecular weight is 415 g/mol. The third-order valence-electron chi connectivity index (χ3n) is 4.71. The van der Waals surface area contributed by atoms with E-state index in [0.717, 1.165) is 31.5 Å². The van der Waals surface area contributed by atoms with E-state index in [1.165, 1.54) is 5.69 Å². The average Bonchev–Trinajstić information content (AvgIpc) is 2.80. The van der Waals surface area contributed by atoms with Gasteiger partial charge in [-0.2, -0.15) is 10.4 Å². The smallest absolute Gasteiger partial charge is 0.270 e. The van der Waals surface area contributed by atoms with Gasteiger partial charge in [0.25, 0.3) is 5.56 Å². The van der Waals surface area contributed by atoms with E-state index in [0.29, 0.717) is 11.3 Å². The Morgan fingerprint density at radius 1 is 1.10 bits per heavy atom. The zero-order valence-corrected chi connectivity index (χ0v) is 17.8. The normalized spacial score (nSPS) is 10.7. The van der Waals surface area contributed by atoms with E-state index in [1.807, 2.05) is 36.4 Å². The van der Waals surface area contributed by atoms with Crippen LogP contribution in [0.3, 0.4) is 0 Å². The second-order valence-corrected chi connectivity index (χ2v) is 7.06. The first-order valence-corrected chi connectivity index (χ1v) is 10.4. The van der Waals surface area contributed by atoms with Crippen LogP contribution in [0, 0.1) is 11.3 Å². The number of rotatable bonds is 9. The van der Waals surface area contributed by atoms with Crippen LogP contribution in [0.1, 0.15) is 37.8 Å². The molecule has 2 N–H and O–H groups in total. The summed E-state index contributed by atoms with van der Waals surface area (Å²) in [5, 5.41) is 13.5. The van der Waals surface area contributed by atoms with Crippen LogP contribution in [-0.4, -0.2) is 29.3 Å². The van der Waals surface area contributed by atoms with Crippen molar-refractivity contribution in [2.45, 2.75) is 26.7 Å². The van der Waals surface area contributed by atoms with Crippen LogP contribution in [0.15, 0.2) is 64.5 Å². The first-order valence-electron chi connectivity index (χ1n) is 10.4. The zero-order chi connectivity index (χ0) is 22.1. The minimum absolute atomic E-state index is 0.0277. The molecule has 31 heavy (non-hydrogen) atoms. The SMILES string of the molecule is CCCN(CCC)c1ccc(C=NNc2nc(-c3ccccc3)c(C#N)c(=O)[nH]2)cc1. The van der Waals surface area contributed by atoms with Gasteiger partial charge in [0.2, 0.25) is 5.95 Å². The van der Waals surface area contributed by atoms with Crippen LogP contribution in [0.4, 0.5) is 11.6 Å². The lowest BCUT2D eigenvalue weighted by atomic mass is 10.1. The maximum Gasteiger partial charge on any atom is 0.270 e. The lowest BCUT2D eigenvalue weighted by Gasteiger charge is -2.23. The number of nitriles is 1. The third kappa shape index (κ3) is 5.58. The number of hydrazone groups is 1. The Labute approximate surface area is 182 Å². The number of hydrogen-bond donors (Lipinski definition) is 2. The van der Waals surface area contributed by atoms with E-state index >= 15 is 0 Å². The van der Waals surface area contributed by atoms with Crippen molar-refractivity contribution in [3.63, 3.8) is 0 Å². The van der Waals surface area contributed by atoms with Gasteiger partial charge in [0.05, 0.1) is 11.9 Å². The van der Waals surface area contributed by atoms with Crippen molar-refractivity contribution in [1.29, 1.82) is 5.26 Å². The number of anilines is 2. The molecule has 3 rings (SSSR count). The molecule has 1 aromatic heterocycles. The summed E-state index contributed by atoms with van der Waals surface area (Å²) < 4.78 is 0. The van der Waals surface area contributed by atoms with Crippen LogP contribution >= 0.6 is 0 Å². The summed E-state index contributed by atoms with van der Waals surface area (Å²) in [6, 6.07) is 19.2. The Hall–Kier alpha value is -3.92. The molecule has 0 aliphatic carbocycles. The van der Waals surface area contributed by atoms with Crippen LogP contribution in [0.2, 0.25) is 0 Å². The van der Waals surface area contributed by atoms with Gasteiger partial charge >= 0.3 is 0 Å². The second-order valence-electron chi connectivity index (χ2n) is 7.06. The fourth-order valence-electron chi connectivity index (χ4n) is 3.28. The summed E-state index contributed by atoms with van der Waals surface area (Å²) in [6.45, 7) is 6.43. The van der Waals surface area contributed by atoms with Gasteiger partial charge < -0.3 is 4.90 Å². The van der Waals surface area contributed by atoms with Crippen LogP contribution in [0.5, 0.6) is 0 Å². The molecule has 0 amide bonds. The molecule has 0 bridgehead atoms. The topological polar surface area (TPSA) is 97.2 Å². The predicted octanol–water partition coefficient (Wildman–Crippen LogP) is 4.38. The quantitative estimate of drug-likeness (QED) is 0.400. The van der Waals surface area contributed by atoms with E-state index < -0.39 is 5.56 Å². The molecule has 0 unspecified atom stereocenters. The van der Waals surface area contributed by atoms with Gasteiger partial charge in [-0.15, -0.1) is 0 Å². The molecule has 0 aliphatic heterocycles. The number of H-pyrrole nitrogens is 1. The summed E-state index contributed by atoms with van der Waals surface area (Å²) in [5.74, 6) is 0.174. The number of aromatic nitrogens is 2. The van der Waals surface area contributed by atoms with Crippen molar-refractivity contribution >= 4 is 17.9 Å². The first kappa shape index (κ1) is 21.8. The lowest BCUT2D eigenvalue weighted by Crippen LogP contribution is -2.24. The van der Waals surface area contributed by atoms with Gasteiger partial charge in [0.15, 0.2) is 0 Å². The predicted molar refractivity (Wildman–Crippen MR) is 125 cm³/mol. The summed E-state index contributed by atoms with van der Waals surface area (Å²) >= 11 is 0. The van der Waals surface area contributed by atoms with Gasteiger partial charge in [-0.25, -0.2) is 10.4 Å². The van der Waals surface area contributed by atoms with Crippen LogP contribution < -0.4 is 15.9 Å². The highest BCUT2D eigenvalue weighted by Crippen LogP contribution is 2.19. The van der Waals surface area contributed by atoms with Crippen molar-refractivity contribution in [3.05, 3.63) is 76.1 Å². The molecule has 0 saturated carbocycles. The van der Waals surface area contributed by atoms with Gasteiger partial charge in [0.1, 0.15) is 11.6 Å². The third-order valence-corrected chi connectivity index (χ3v) is 4.71. The molecule has 0 fully saturated rings.